The Morgan fingerprint density at radius 2 is 1.87 bits per heavy atom. The SMILES string of the molecule is O=Cc1cc(S(=O)(=O)O)ccc1[SH](=O)=O. The van der Waals surface area contributed by atoms with Crippen LogP contribution in [0.4, 0.5) is 0 Å². The van der Waals surface area contributed by atoms with Crippen molar-refractivity contribution in [3.8, 4) is 0 Å². The first-order valence-corrected chi connectivity index (χ1v) is 6.19. The first-order chi connectivity index (χ1) is 6.86. The Morgan fingerprint density at radius 1 is 1.27 bits per heavy atom. The molecule has 0 unspecified atom stereocenters. The molecule has 8 heteroatoms. The molecule has 1 rings (SSSR count). The van der Waals surface area contributed by atoms with Crippen LogP contribution in [-0.4, -0.2) is 27.7 Å². The topological polar surface area (TPSA) is 106 Å². The van der Waals surface area contributed by atoms with E-state index in [1.807, 2.05) is 0 Å². The zero-order chi connectivity index (χ0) is 11.6. The molecule has 15 heavy (non-hydrogen) atoms. The van der Waals surface area contributed by atoms with Gasteiger partial charge < -0.3 is 0 Å². The number of benzene rings is 1. The molecular formula is C7H6O6S2. The van der Waals surface area contributed by atoms with Crippen molar-refractivity contribution in [3.05, 3.63) is 23.8 Å². The van der Waals surface area contributed by atoms with Crippen LogP contribution in [0.25, 0.3) is 0 Å². The predicted octanol–water partition coefficient (Wildman–Crippen LogP) is -0.284. The summed E-state index contributed by atoms with van der Waals surface area (Å²) in [7, 11) is -7.41. The normalized spacial score (nSPS) is 11.6. The number of thiol groups is 1. The summed E-state index contributed by atoms with van der Waals surface area (Å²) in [6, 6.07) is 2.64. The zero-order valence-corrected chi connectivity index (χ0v) is 8.86. The van der Waals surface area contributed by atoms with Gasteiger partial charge in [0.15, 0.2) is 17.0 Å². The van der Waals surface area contributed by atoms with Gasteiger partial charge in [-0.3, -0.25) is 9.35 Å². The third-order valence-electron chi connectivity index (χ3n) is 1.62. The van der Waals surface area contributed by atoms with Gasteiger partial charge >= 0.3 is 0 Å². The van der Waals surface area contributed by atoms with Gasteiger partial charge in [0, 0.05) is 5.56 Å². The highest BCUT2D eigenvalue weighted by atomic mass is 32.2. The number of hydrogen-bond acceptors (Lipinski definition) is 5. The molecule has 0 amide bonds. The standard InChI is InChI=1S/C7H6O6S2/c8-4-5-3-6(15(11,12)13)1-2-7(5)14(9)10/h1-4,14H,(H,11,12,13). The average Bonchev–Trinajstić information content (AvgIpc) is 2.15. The molecule has 1 aromatic rings. The summed E-state index contributed by atoms with van der Waals surface area (Å²) >= 11 is 0. The molecule has 0 aliphatic heterocycles. The maximum absolute atomic E-state index is 10.7. The lowest BCUT2D eigenvalue weighted by Gasteiger charge is -2.00. The second-order valence-electron chi connectivity index (χ2n) is 2.57. The molecule has 1 aromatic carbocycles. The van der Waals surface area contributed by atoms with Crippen LogP contribution in [0.3, 0.4) is 0 Å². The second kappa shape index (κ2) is 4.09. The van der Waals surface area contributed by atoms with Crippen LogP contribution in [0.1, 0.15) is 10.4 Å². The Hall–Kier alpha value is -1.25. The molecule has 0 heterocycles. The Balaban J connectivity index is 3.51. The largest absolute Gasteiger partial charge is 0.298 e. The Kier molecular flexibility index (Phi) is 3.22. The van der Waals surface area contributed by atoms with Crippen molar-refractivity contribution in [2.45, 2.75) is 9.79 Å². The second-order valence-corrected chi connectivity index (χ2v) is 4.99. The van der Waals surface area contributed by atoms with Crippen molar-refractivity contribution in [1.29, 1.82) is 0 Å². The molecule has 0 aromatic heterocycles. The van der Waals surface area contributed by atoms with E-state index in [4.69, 9.17) is 4.55 Å². The smallest absolute Gasteiger partial charge is 0.294 e. The minimum Gasteiger partial charge on any atom is -0.298 e. The van der Waals surface area contributed by atoms with Gasteiger partial charge in [0.1, 0.15) is 0 Å². The summed E-state index contributed by atoms with van der Waals surface area (Å²) in [6.07, 6.45) is 0.204. The van der Waals surface area contributed by atoms with Gasteiger partial charge in [-0.15, -0.1) is 0 Å². The van der Waals surface area contributed by atoms with Gasteiger partial charge in [-0.2, -0.15) is 8.42 Å². The fraction of sp³-hybridized carbons (Fsp3) is 0. The van der Waals surface area contributed by atoms with Crippen molar-refractivity contribution in [1.82, 2.24) is 0 Å². The van der Waals surface area contributed by atoms with Crippen molar-refractivity contribution in [2.75, 3.05) is 0 Å². The molecule has 0 saturated carbocycles. The molecule has 0 aliphatic rings. The van der Waals surface area contributed by atoms with E-state index in [1.54, 1.807) is 0 Å². The summed E-state index contributed by atoms with van der Waals surface area (Å²) in [5.41, 5.74) is -0.304. The fourth-order valence-electron chi connectivity index (χ4n) is 0.954. The van der Waals surface area contributed by atoms with Gasteiger partial charge in [-0.05, 0) is 18.2 Å². The molecule has 0 atom stereocenters. The number of aldehydes is 1. The highest BCUT2D eigenvalue weighted by molar-refractivity contribution is 7.85. The van der Waals surface area contributed by atoms with Crippen LogP contribution in [0, 0.1) is 0 Å². The minimum atomic E-state index is -4.43. The third-order valence-corrected chi connectivity index (χ3v) is 3.27. The number of hydrogen-bond donors (Lipinski definition) is 2. The summed E-state index contributed by atoms with van der Waals surface area (Å²) < 4.78 is 51.2. The first kappa shape index (κ1) is 11.8. The van der Waals surface area contributed by atoms with Crippen LogP contribution in [0.5, 0.6) is 0 Å². The fourth-order valence-corrected chi connectivity index (χ4v) is 1.99. The zero-order valence-electron chi connectivity index (χ0n) is 7.15. The lowest BCUT2D eigenvalue weighted by atomic mass is 10.2. The summed E-state index contributed by atoms with van der Waals surface area (Å²) in [5.74, 6) is 0. The lowest BCUT2D eigenvalue weighted by Crippen LogP contribution is -2.00. The molecule has 0 fully saturated rings. The van der Waals surface area contributed by atoms with E-state index < -0.39 is 25.7 Å². The molecule has 6 nitrogen and oxygen atoms in total. The van der Waals surface area contributed by atoms with Gasteiger partial charge in [0.05, 0.1) is 9.79 Å². The van der Waals surface area contributed by atoms with E-state index >= 15 is 0 Å². The number of carbonyl (C=O) groups excluding carboxylic acids is 1. The van der Waals surface area contributed by atoms with Crippen molar-refractivity contribution in [3.63, 3.8) is 0 Å². The Morgan fingerprint density at radius 3 is 2.27 bits per heavy atom. The van der Waals surface area contributed by atoms with Crippen LogP contribution >= 0.6 is 0 Å². The van der Waals surface area contributed by atoms with E-state index in [-0.39, 0.29) is 16.7 Å². The maximum Gasteiger partial charge on any atom is 0.294 e. The monoisotopic (exact) mass is 250 g/mol. The van der Waals surface area contributed by atoms with Gasteiger partial charge in [0.2, 0.25) is 0 Å². The lowest BCUT2D eigenvalue weighted by molar-refractivity contribution is 0.112. The molecular weight excluding hydrogens is 244 g/mol. The minimum absolute atomic E-state index is 0.204. The van der Waals surface area contributed by atoms with E-state index in [2.05, 4.69) is 0 Å². The van der Waals surface area contributed by atoms with Gasteiger partial charge in [-0.1, -0.05) is 0 Å². The predicted molar refractivity (Wildman–Crippen MR) is 50.2 cm³/mol. The first-order valence-electron chi connectivity index (χ1n) is 3.57. The summed E-state index contributed by atoms with van der Waals surface area (Å²) in [5, 5.41) is 0. The Bertz CT molecular complexity index is 561. The van der Waals surface area contributed by atoms with E-state index in [0.717, 1.165) is 18.2 Å². The van der Waals surface area contributed by atoms with Gasteiger partial charge in [0.25, 0.3) is 10.1 Å². The quantitative estimate of drug-likeness (QED) is 0.434. The maximum atomic E-state index is 10.7. The highest BCUT2D eigenvalue weighted by Crippen LogP contribution is 2.15. The average molecular weight is 250 g/mol. The summed E-state index contributed by atoms with van der Waals surface area (Å²) in [6.45, 7) is 0. The van der Waals surface area contributed by atoms with Crippen LogP contribution in [0.15, 0.2) is 28.0 Å². The third kappa shape index (κ3) is 2.61. The van der Waals surface area contributed by atoms with Crippen molar-refractivity contribution < 1.29 is 26.2 Å². The van der Waals surface area contributed by atoms with Crippen LogP contribution in [-0.2, 0) is 20.8 Å². The molecule has 0 spiro atoms. The van der Waals surface area contributed by atoms with Gasteiger partial charge in [-0.25, -0.2) is 8.42 Å². The molecule has 0 bridgehead atoms. The van der Waals surface area contributed by atoms with Crippen LogP contribution in [0.2, 0.25) is 0 Å². The van der Waals surface area contributed by atoms with E-state index in [0.29, 0.717) is 0 Å². The molecule has 0 saturated heterocycles. The summed E-state index contributed by atoms with van der Waals surface area (Å²) in [4.78, 5) is 9.66. The molecule has 1 N–H and O–H groups in total. The Labute approximate surface area is 87.2 Å². The molecule has 0 aliphatic carbocycles. The molecule has 0 radical (unpaired) electrons. The van der Waals surface area contributed by atoms with E-state index in [9.17, 15) is 21.6 Å². The van der Waals surface area contributed by atoms with Crippen LogP contribution < -0.4 is 0 Å². The van der Waals surface area contributed by atoms with Crippen molar-refractivity contribution >= 4 is 27.1 Å². The van der Waals surface area contributed by atoms with E-state index in [1.165, 1.54) is 0 Å². The molecule has 82 valence electrons. The van der Waals surface area contributed by atoms with Crippen molar-refractivity contribution in [2.24, 2.45) is 0 Å². The number of carbonyl (C=O) groups is 1. The highest BCUT2D eigenvalue weighted by Gasteiger charge is 2.13. The number of rotatable bonds is 3.